The molecule has 0 heterocycles. The largest absolute Gasteiger partial charge is 0.480 e. The van der Waals surface area contributed by atoms with E-state index in [-0.39, 0.29) is 0 Å². The van der Waals surface area contributed by atoms with E-state index in [0.29, 0.717) is 6.42 Å². The fourth-order valence-corrected chi connectivity index (χ4v) is 2.21. The molecule has 100 valence electrons. The molecule has 0 amide bonds. The highest BCUT2D eigenvalue weighted by Gasteiger charge is 2.09. The number of carbonyl (C=O) groups is 1. The van der Waals surface area contributed by atoms with Crippen molar-refractivity contribution < 1.29 is 9.90 Å². The molecule has 0 fully saturated rings. The predicted octanol–water partition coefficient (Wildman–Crippen LogP) is 2.96. The van der Waals surface area contributed by atoms with Gasteiger partial charge in [0.25, 0.3) is 0 Å². The normalized spacial score (nSPS) is 12.5. The van der Waals surface area contributed by atoms with Crippen LogP contribution in [-0.2, 0) is 11.2 Å². The number of hydrogen-bond acceptors (Lipinski definition) is 2. The Balaban J connectivity index is 1.86. The molecule has 0 bridgehead atoms. The molecule has 3 N–H and O–H groups in total. The van der Waals surface area contributed by atoms with Crippen molar-refractivity contribution in [1.29, 1.82) is 0 Å². The van der Waals surface area contributed by atoms with Crippen LogP contribution in [0.25, 0.3) is 10.8 Å². The van der Waals surface area contributed by atoms with Gasteiger partial charge < -0.3 is 10.8 Å². The van der Waals surface area contributed by atoms with Crippen LogP contribution >= 0.6 is 0 Å². The summed E-state index contributed by atoms with van der Waals surface area (Å²) in [4.78, 5) is 10.6. The maximum atomic E-state index is 10.6. The number of carboxylic acids is 1. The maximum Gasteiger partial charge on any atom is 0.320 e. The van der Waals surface area contributed by atoms with Gasteiger partial charge >= 0.3 is 5.97 Å². The quantitative estimate of drug-likeness (QED) is 0.782. The van der Waals surface area contributed by atoms with Crippen molar-refractivity contribution in [2.24, 2.45) is 5.73 Å². The standard InChI is InChI=1S/C16H19NO2/c17-15(16(18)19)8-4-1-5-12-9-10-13-6-2-3-7-14(13)11-12/h2-3,6-7,9-11,15H,1,4-5,8,17H2,(H,18,19). The van der Waals surface area contributed by atoms with E-state index in [1.807, 2.05) is 12.1 Å². The van der Waals surface area contributed by atoms with Crippen LogP contribution in [0.4, 0.5) is 0 Å². The summed E-state index contributed by atoms with van der Waals surface area (Å²) >= 11 is 0. The summed E-state index contributed by atoms with van der Waals surface area (Å²) in [5, 5.41) is 11.2. The van der Waals surface area contributed by atoms with E-state index in [4.69, 9.17) is 10.8 Å². The Kier molecular flexibility index (Phi) is 4.53. The van der Waals surface area contributed by atoms with Gasteiger partial charge in [-0.25, -0.2) is 0 Å². The Labute approximate surface area is 113 Å². The molecule has 0 saturated heterocycles. The van der Waals surface area contributed by atoms with Crippen molar-refractivity contribution in [1.82, 2.24) is 0 Å². The van der Waals surface area contributed by atoms with Crippen LogP contribution in [0.15, 0.2) is 42.5 Å². The molecule has 0 aliphatic carbocycles. The van der Waals surface area contributed by atoms with E-state index in [2.05, 4.69) is 30.3 Å². The lowest BCUT2D eigenvalue weighted by Crippen LogP contribution is -2.29. The van der Waals surface area contributed by atoms with E-state index in [0.717, 1.165) is 19.3 Å². The molecule has 0 radical (unpaired) electrons. The molecular formula is C16H19NO2. The summed E-state index contributed by atoms with van der Waals surface area (Å²) in [6, 6.07) is 14.0. The van der Waals surface area contributed by atoms with Crippen molar-refractivity contribution in [3.8, 4) is 0 Å². The van der Waals surface area contributed by atoms with Crippen LogP contribution in [0.2, 0.25) is 0 Å². The van der Waals surface area contributed by atoms with E-state index in [1.54, 1.807) is 0 Å². The van der Waals surface area contributed by atoms with Crippen molar-refractivity contribution in [2.75, 3.05) is 0 Å². The van der Waals surface area contributed by atoms with Gasteiger partial charge in [-0.2, -0.15) is 0 Å². The van der Waals surface area contributed by atoms with Gasteiger partial charge in [0, 0.05) is 0 Å². The third-order valence-corrected chi connectivity index (χ3v) is 3.36. The zero-order chi connectivity index (χ0) is 13.7. The highest BCUT2D eigenvalue weighted by molar-refractivity contribution is 5.82. The number of carboxylic acid groups (broad SMARTS) is 1. The van der Waals surface area contributed by atoms with E-state index in [1.165, 1.54) is 16.3 Å². The molecule has 0 aliphatic heterocycles. The minimum atomic E-state index is -0.911. The average Bonchev–Trinajstić information content (AvgIpc) is 2.43. The van der Waals surface area contributed by atoms with Crippen LogP contribution in [0.1, 0.15) is 24.8 Å². The SMILES string of the molecule is NC(CCCCc1ccc2ccccc2c1)C(=O)O. The fraction of sp³-hybridized carbons (Fsp3) is 0.312. The molecule has 3 heteroatoms. The Morgan fingerprint density at radius 1 is 1.11 bits per heavy atom. The lowest BCUT2D eigenvalue weighted by atomic mass is 10.0. The van der Waals surface area contributed by atoms with Gasteiger partial charge in [0.1, 0.15) is 6.04 Å². The first-order chi connectivity index (χ1) is 9.16. The van der Waals surface area contributed by atoms with Gasteiger partial charge in [-0.15, -0.1) is 0 Å². The first-order valence-electron chi connectivity index (χ1n) is 6.63. The molecule has 0 aliphatic rings. The fourth-order valence-electron chi connectivity index (χ4n) is 2.21. The second-order valence-electron chi connectivity index (χ2n) is 4.87. The summed E-state index contributed by atoms with van der Waals surface area (Å²) < 4.78 is 0. The molecular weight excluding hydrogens is 238 g/mol. The van der Waals surface area contributed by atoms with Crippen molar-refractivity contribution in [3.63, 3.8) is 0 Å². The van der Waals surface area contributed by atoms with Crippen LogP contribution in [-0.4, -0.2) is 17.1 Å². The minimum Gasteiger partial charge on any atom is -0.480 e. The summed E-state index contributed by atoms with van der Waals surface area (Å²) in [5.41, 5.74) is 6.76. The van der Waals surface area contributed by atoms with E-state index in [9.17, 15) is 4.79 Å². The molecule has 2 aromatic carbocycles. The van der Waals surface area contributed by atoms with Crippen LogP contribution < -0.4 is 5.73 Å². The number of hydrogen-bond donors (Lipinski definition) is 2. The van der Waals surface area contributed by atoms with Crippen LogP contribution in [0, 0.1) is 0 Å². The third kappa shape index (κ3) is 3.80. The number of fused-ring (bicyclic) bond motifs is 1. The Bertz CT molecular complexity index is 565. The predicted molar refractivity (Wildman–Crippen MR) is 77.1 cm³/mol. The van der Waals surface area contributed by atoms with Gasteiger partial charge in [0.15, 0.2) is 0 Å². The van der Waals surface area contributed by atoms with E-state index < -0.39 is 12.0 Å². The number of benzene rings is 2. The number of nitrogens with two attached hydrogens (primary N) is 1. The summed E-state index contributed by atoms with van der Waals surface area (Å²) in [6.45, 7) is 0. The lowest BCUT2D eigenvalue weighted by molar-refractivity contribution is -0.138. The number of unbranched alkanes of at least 4 members (excludes halogenated alkanes) is 1. The second kappa shape index (κ2) is 6.34. The van der Waals surface area contributed by atoms with Gasteiger partial charge in [-0.3, -0.25) is 4.79 Å². The Hall–Kier alpha value is -1.87. The second-order valence-corrected chi connectivity index (χ2v) is 4.87. The minimum absolute atomic E-state index is 0.545. The van der Waals surface area contributed by atoms with Gasteiger partial charge in [-0.05, 0) is 35.6 Å². The molecule has 2 rings (SSSR count). The molecule has 19 heavy (non-hydrogen) atoms. The number of aryl methyl sites for hydroxylation is 1. The zero-order valence-electron chi connectivity index (χ0n) is 10.9. The van der Waals surface area contributed by atoms with Crippen molar-refractivity contribution in [3.05, 3.63) is 48.0 Å². The Morgan fingerprint density at radius 3 is 2.58 bits per heavy atom. The lowest BCUT2D eigenvalue weighted by Gasteiger charge is -2.06. The van der Waals surface area contributed by atoms with Crippen LogP contribution in [0.5, 0.6) is 0 Å². The van der Waals surface area contributed by atoms with Gasteiger partial charge in [0.2, 0.25) is 0 Å². The molecule has 0 aromatic heterocycles. The van der Waals surface area contributed by atoms with Crippen LogP contribution in [0.3, 0.4) is 0 Å². The van der Waals surface area contributed by atoms with Gasteiger partial charge in [-0.1, -0.05) is 48.9 Å². The van der Waals surface area contributed by atoms with E-state index >= 15 is 0 Å². The summed E-state index contributed by atoms with van der Waals surface area (Å²) in [7, 11) is 0. The highest BCUT2D eigenvalue weighted by Crippen LogP contribution is 2.17. The molecule has 0 saturated carbocycles. The zero-order valence-corrected chi connectivity index (χ0v) is 10.9. The molecule has 0 spiro atoms. The summed E-state index contributed by atoms with van der Waals surface area (Å²) in [6.07, 6.45) is 3.33. The third-order valence-electron chi connectivity index (χ3n) is 3.36. The molecule has 2 aromatic rings. The van der Waals surface area contributed by atoms with Crippen molar-refractivity contribution >= 4 is 16.7 Å². The maximum absolute atomic E-state index is 10.6. The monoisotopic (exact) mass is 257 g/mol. The average molecular weight is 257 g/mol. The first-order valence-corrected chi connectivity index (χ1v) is 6.63. The number of aliphatic carboxylic acids is 1. The molecule has 1 atom stereocenters. The summed E-state index contributed by atoms with van der Waals surface area (Å²) in [5.74, 6) is -0.911. The first kappa shape index (κ1) is 13.6. The highest BCUT2D eigenvalue weighted by atomic mass is 16.4. The molecule has 1 unspecified atom stereocenters. The van der Waals surface area contributed by atoms with Gasteiger partial charge in [0.05, 0.1) is 0 Å². The number of rotatable bonds is 6. The Morgan fingerprint density at radius 2 is 1.84 bits per heavy atom. The van der Waals surface area contributed by atoms with Crippen molar-refractivity contribution in [2.45, 2.75) is 31.7 Å². The topological polar surface area (TPSA) is 63.3 Å². The molecule has 3 nitrogen and oxygen atoms in total. The smallest absolute Gasteiger partial charge is 0.320 e.